The Kier molecular flexibility index (Phi) is 8.78. The summed E-state index contributed by atoms with van der Waals surface area (Å²) in [6.45, 7) is 8.60. The van der Waals surface area contributed by atoms with Crippen molar-refractivity contribution in [3.05, 3.63) is 83.4 Å². The number of Topliss-reactive ketones (excluding diaryl/α,β-unsaturated/α-hetero) is 1. The van der Waals surface area contributed by atoms with E-state index >= 15 is 0 Å². The maximum absolute atomic E-state index is 13.1. The molecule has 0 aliphatic rings. The quantitative estimate of drug-likeness (QED) is 0.203. The molecule has 4 aromatic rings. The van der Waals surface area contributed by atoms with Gasteiger partial charge in [-0.3, -0.25) is 14.4 Å². The Balaban J connectivity index is 0.000000319. The van der Waals surface area contributed by atoms with Crippen LogP contribution in [0.3, 0.4) is 0 Å². The number of ketones is 1. The Hall–Kier alpha value is -4.04. The molecule has 0 spiro atoms. The predicted molar refractivity (Wildman–Crippen MR) is 144 cm³/mol. The molecule has 192 valence electrons. The van der Waals surface area contributed by atoms with Gasteiger partial charge in [0.1, 0.15) is 11.3 Å². The normalized spacial score (nSPS) is 11.7. The molecule has 0 aliphatic heterocycles. The van der Waals surface area contributed by atoms with Crippen LogP contribution in [0.1, 0.15) is 39.3 Å². The number of rotatable bonds is 5. The fourth-order valence-electron chi connectivity index (χ4n) is 3.42. The molecular formula is C28H29ClN4O4. The average molecular weight is 521 g/mol. The summed E-state index contributed by atoms with van der Waals surface area (Å²) in [5.41, 5.74) is 1.89. The summed E-state index contributed by atoms with van der Waals surface area (Å²) in [6, 6.07) is 20.3. The van der Waals surface area contributed by atoms with Crippen molar-refractivity contribution in [2.75, 3.05) is 5.32 Å². The number of hydrogen-bond donors (Lipinski definition) is 1. The zero-order chi connectivity index (χ0) is 27.2. The number of anilines is 1. The molecule has 1 aromatic heterocycles. The van der Waals surface area contributed by atoms with Crippen LogP contribution < -0.4 is 10.1 Å². The second-order valence-corrected chi connectivity index (χ2v) is 9.83. The van der Waals surface area contributed by atoms with Gasteiger partial charge >= 0.3 is 5.97 Å². The average Bonchev–Trinajstić information content (AvgIpc) is 3.25. The first-order chi connectivity index (χ1) is 17.5. The molecule has 4 rings (SSSR count). The summed E-state index contributed by atoms with van der Waals surface area (Å²) in [5, 5.41) is 11.3. The minimum atomic E-state index is -1.16. The number of aryl methyl sites for hydroxylation is 1. The van der Waals surface area contributed by atoms with Gasteiger partial charge in [-0.15, -0.1) is 5.10 Å². The molecule has 0 fully saturated rings. The van der Waals surface area contributed by atoms with Crippen LogP contribution in [0.2, 0.25) is 5.02 Å². The van der Waals surface area contributed by atoms with Crippen LogP contribution in [-0.2, 0) is 14.4 Å². The number of carbonyl (C=O) groups excluding carboxylic acids is 3. The number of aromatic nitrogens is 3. The maximum atomic E-state index is 13.1. The first-order valence-electron chi connectivity index (χ1n) is 11.6. The van der Waals surface area contributed by atoms with Gasteiger partial charge in [-0.2, -0.15) is 0 Å². The molecule has 1 N–H and O–H groups in total. The fraction of sp³-hybridized carbons (Fsp3) is 0.250. The molecule has 37 heavy (non-hydrogen) atoms. The van der Waals surface area contributed by atoms with Gasteiger partial charge in [-0.1, -0.05) is 74.0 Å². The van der Waals surface area contributed by atoms with Crippen molar-refractivity contribution in [2.45, 2.75) is 40.7 Å². The zero-order valence-corrected chi connectivity index (χ0v) is 22.1. The van der Waals surface area contributed by atoms with Gasteiger partial charge in [0, 0.05) is 12.3 Å². The second-order valence-electron chi connectivity index (χ2n) is 9.42. The molecule has 0 radical (unpaired) electrons. The Labute approximate surface area is 220 Å². The van der Waals surface area contributed by atoms with Crippen molar-refractivity contribution in [2.24, 2.45) is 5.41 Å². The number of ether oxygens (including phenoxy) is 1. The molecule has 8 nitrogen and oxygen atoms in total. The lowest BCUT2D eigenvalue weighted by molar-refractivity contribution is -0.136. The van der Waals surface area contributed by atoms with Gasteiger partial charge in [-0.05, 0) is 48.9 Å². The SMILES string of the molecule is CC(=O)Oc1ccccc1.Cc1ccc(Cl)c(NC(=O)C(C(=O)C(C)(C)C)n2nnc3ccccc32)c1. The van der Waals surface area contributed by atoms with E-state index in [-0.39, 0.29) is 11.8 Å². The largest absolute Gasteiger partial charge is 0.427 e. The van der Waals surface area contributed by atoms with Gasteiger partial charge in [0.05, 0.1) is 16.2 Å². The van der Waals surface area contributed by atoms with E-state index in [2.05, 4.69) is 15.6 Å². The van der Waals surface area contributed by atoms with Crippen LogP contribution in [0.15, 0.2) is 72.8 Å². The van der Waals surface area contributed by atoms with Crippen LogP contribution >= 0.6 is 11.6 Å². The third-order valence-corrected chi connectivity index (χ3v) is 5.57. The van der Waals surface area contributed by atoms with Gasteiger partial charge in [0.15, 0.2) is 11.8 Å². The fourth-order valence-corrected chi connectivity index (χ4v) is 3.58. The lowest BCUT2D eigenvalue weighted by Crippen LogP contribution is -2.39. The molecule has 3 aromatic carbocycles. The predicted octanol–water partition coefficient (Wildman–Crippen LogP) is 5.80. The standard InChI is InChI=1S/C20H21ClN4O2.C8H8O2/c1-12-9-10-13(21)15(11-12)22-19(27)17(18(26)20(2,3)4)25-16-8-6-5-7-14(16)23-24-25;1-7(9)10-8-5-3-2-4-6-8/h5-11,17H,1-4H3,(H,22,27);2-6H,1H3. The van der Waals surface area contributed by atoms with Crippen LogP contribution in [0.25, 0.3) is 11.0 Å². The Bertz CT molecular complexity index is 1410. The number of esters is 1. The van der Waals surface area contributed by atoms with E-state index in [1.807, 2.05) is 43.3 Å². The van der Waals surface area contributed by atoms with E-state index in [0.717, 1.165) is 5.56 Å². The van der Waals surface area contributed by atoms with Crippen molar-refractivity contribution < 1.29 is 19.1 Å². The molecular weight excluding hydrogens is 492 g/mol. The first-order valence-corrected chi connectivity index (χ1v) is 12.0. The number of hydrogen-bond acceptors (Lipinski definition) is 6. The minimum Gasteiger partial charge on any atom is -0.427 e. The van der Waals surface area contributed by atoms with E-state index in [0.29, 0.717) is 27.5 Å². The highest BCUT2D eigenvalue weighted by atomic mass is 35.5. The third-order valence-electron chi connectivity index (χ3n) is 5.24. The van der Waals surface area contributed by atoms with Gasteiger partial charge in [-0.25, -0.2) is 4.68 Å². The number of amides is 1. The summed E-state index contributed by atoms with van der Waals surface area (Å²) in [7, 11) is 0. The molecule has 1 unspecified atom stereocenters. The van der Waals surface area contributed by atoms with Crippen LogP contribution in [0, 0.1) is 12.3 Å². The molecule has 9 heteroatoms. The third kappa shape index (κ3) is 7.24. The number of carbonyl (C=O) groups is 3. The topological polar surface area (TPSA) is 103 Å². The number of para-hydroxylation sites is 2. The highest BCUT2D eigenvalue weighted by molar-refractivity contribution is 6.34. The van der Waals surface area contributed by atoms with Crippen molar-refractivity contribution in [1.29, 1.82) is 0 Å². The van der Waals surface area contributed by atoms with Gasteiger partial charge in [0.25, 0.3) is 5.91 Å². The first kappa shape index (κ1) is 27.5. The monoisotopic (exact) mass is 520 g/mol. The number of fused-ring (bicyclic) bond motifs is 1. The van der Waals surface area contributed by atoms with Gasteiger partial charge < -0.3 is 10.1 Å². The molecule has 0 bridgehead atoms. The van der Waals surface area contributed by atoms with Crippen LogP contribution in [0.5, 0.6) is 5.75 Å². The summed E-state index contributed by atoms with van der Waals surface area (Å²) in [4.78, 5) is 36.6. The van der Waals surface area contributed by atoms with Gasteiger partial charge in [0.2, 0.25) is 0 Å². The van der Waals surface area contributed by atoms with Crippen LogP contribution in [0.4, 0.5) is 5.69 Å². The van der Waals surface area contributed by atoms with E-state index in [4.69, 9.17) is 16.3 Å². The molecule has 1 atom stereocenters. The number of nitrogens with zero attached hydrogens (tertiary/aromatic N) is 3. The highest BCUT2D eigenvalue weighted by Crippen LogP contribution is 2.29. The number of nitrogens with one attached hydrogen (secondary N) is 1. The van der Waals surface area contributed by atoms with Crippen molar-refractivity contribution >= 4 is 46.0 Å². The Morgan fingerprint density at radius 1 is 0.973 bits per heavy atom. The molecule has 0 saturated carbocycles. The summed E-state index contributed by atoms with van der Waals surface area (Å²) >= 11 is 6.20. The lowest BCUT2D eigenvalue weighted by Gasteiger charge is -2.24. The van der Waals surface area contributed by atoms with Crippen LogP contribution in [-0.4, -0.2) is 32.7 Å². The molecule has 1 heterocycles. The summed E-state index contributed by atoms with van der Waals surface area (Å²) in [6.07, 6.45) is 0. The van der Waals surface area contributed by atoms with E-state index in [1.165, 1.54) is 11.6 Å². The Morgan fingerprint density at radius 3 is 2.27 bits per heavy atom. The van der Waals surface area contributed by atoms with Crippen molar-refractivity contribution in [3.8, 4) is 5.75 Å². The minimum absolute atomic E-state index is 0.264. The molecule has 0 aliphatic carbocycles. The lowest BCUT2D eigenvalue weighted by atomic mass is 9.86. The van der Waals surface area contributed by atoms with E-state index < -0.39 is 17.4 Å². The molecule has 1 amide bonds. The summed E-state index contributed by atoms with van der Waals surface area (Å²) < 4.78 is 6.15. The highest BCUT2D eigenvalue weighted by Gasteiger charge is 2.38. The number of halogens is 1. The smallest absolute Gasteiger partial charge is 0.308 e. The van der Waals surface area contributed by atoms with Crippen molar-refractivity contribution in [3.63, 3.8) is 0 Å². The van der Waals surface area contributed by atoms with Crippen molar-refractivity contribution in [1.82, 2.24) is 15.0 Å². The Morgan fingerprint density at radius 2 is 1.62 bits per heavy atom. The molecule has 0 saturated heterocycles. The van der Waals surface area contributed by atoms with E-state index in [9.17, 15) is 14.4 Å². The maximum Gasteiger partial charge on any atom is 0.308 e. The summed E-state index contributed by atoms with van der Waals surface area (Å²) in [5.74, 6) is -0.460. The number of benzene rings is 3. The zero-order valence-electron chi connectivity index (χ0n) is 21.4. The van der Waals surface area contributed by atoms with E-state index in [1.54, 1.807) is 57.2 Å². The second kappa shape index (κ2) is 11.8.